The molecule has 1 aliphatic heterocycles. The number of rotatable bonds is 5. The van der Waals surface area contributed by atoms with Crippen molar-refractivity contribution < 1.29 is 23.8 Å². The molecule has 2 aliphatic carbocycles. The molecular weight excluding hydrogens is 398 g/mol. The van der Waals surface area contributed by atoms with Gasteiger partial charge >= 0.3 is 11.9 Å². The molecule has 0 spiro atoms. The number of carbonyl (C=O) groups is 2. The van der Waals surface area contributed by atoms with Crippen LogP contribution in [0.15, 0.2) is 30.3 Å². The second kappa shape index (κ2) is 6.54. The zero-order chi connectivity index (χ0) is 21.2. The van der Waals surface area contributed by atoms with Crippen LogP contribution in [0, 0.1) is 0 Å². The fourth-order valence-corrected chi connectivity index (χ4v) is 4.21. The zero-order valence-electron chi connectivity index (χ0n) is 17.1. The summed E-state index contributed by atoms with van der Waals surface area (Å²) < 4.78 is 18.0. The molecule has 0 unspecified atom stereocenters. The first-order chi connectivity index (χ1) is 15.1. The Morgan fingerprint density at radius 3 is 2.77 bits per heavy atom. The van der Waals surface area contributed by atoms with Gasteiger partial charge in [0.05, 0.1) is 18.4 Å². The molecule has 3 aliphatic rings. The number of ether oxygens (including phenoxy) is 3. The fraction of sp³-hybridized carbons (Fsp3) is 0.391. The maximum absolute atomic E-state index is 12.9. The summed E-state index contributed by atoms with van der Waals surface area (Å²) in [6.07, 6.45) is 4.38. The molecule has 2 saturated carbocycles. The van der Waals surface area contributed by atoms with E-state index in [2.05, 4.69) is 0 Å². The van der Waals surface area contributed by atoms with Crippen LogP contribution in [0.25, 0.3) is 16.9 Å². The van der Waals surface area contributed by atoms with E-state index in [1.54, 1.807) is 17.7 Å². The van der Waals surface area contributed by atoms with Crippen molar-refractivity contribution in [1.29, 1.82) is 0 Å². The standard InChI is InChI=1S/C23H21N3O5/c1-29-18-8-7-17(13-5-6-16-14(11-13)12-30-20(16)27)26-19(18)24-21(25-26)23(9-10-23)22(28)31-15-3-2-4-15/h5-8,11,15H,2-4,9-10,12H2,1H3. The van der Waals surface area contributed by atoms with Crippen LogP contribution < -0.4 is 4.74 Å². The molecule has 0 radical (unpaired) electrons. The second-order valence-electron chi connectivity index (χ2n) is 8.45. The normalized spacial score (nSPS) is 18.9. The summed E-state index contributed by atoms with van der Waals surface area (Å²) in [5, 5.41) is 4.74. The predicted octanol–water partition coefficient (Wildman–Crippen LogP) is 3.20. The van der Waals surface area contributed by atoms with Crippen molar-refractivity contribution in [2.75, 3.05) is 7.11 Å². The summed E-state index contributed by atoms with van der Waals surface area (Å²) in [7, 11) is 1.58. The average Bonchev–Trinajstić information content (AvgIpc) is 3.31. The van der Waals surface area contributed by atoms with Gasteiger partial charge in [-0.1, -0.05) is 6.07 Å². The molecular formula is C23H21N3O5. The van der Waals surface area contributed by atoms with Gasteiger partial charge in [-0.2, -0.15) is 0 Å². The number of cyclic esters (lactones) is 1. The molecule has 0 amide bonds. The van der Waals surface area contributed by atoms with E-state index in [0.29, 0.717) is 35.6 Å². The zero-order valence-corrected chi connectivity index (χ0v) is 17.1. The first-order valence-electron chi connectivity index (χ1n) is 10.5. The van der Waals surface area contributed by atoms with Crippen molar-refractivity contribution in [2.24, 2.45) is 0 Å². The summed E-state index contributed by atoms with van der Waals surface area (Å²) in [5.74, 6) is 0.527. The van der Waals surface area contributed by atoms with Crippen LogP contribution >= 0.6 is 0 Å². The van der Waals surface area contributed by atoms with Crippen LogP contribution in [-0.4, -0.2) is 39.8 Å². The highest BCUT2D eigenvalue weighted by atomic mass is 16.5. The molecule has 8 nitrogen and oxygen atoms in total. The van der Waals surface area contributed by atoms with Gasteiger partial charge in [-0.25, -0.2) is 14.3 Å². The molecule has 0 saturated heterocycles. The smallest absolute Gasteiger partial charge is 0.338 e. The number of methoxy groups -OCH3 is 1. The topological polar surface area (TPSA) is 92.0 Å². The Kier molecular flexibility index (Phi) is 3.87. The van der Waals surface area contributed by atoms with Crippen LogP contribution in [0.1, 0.15) is 53.8 Å². The van der Waals surface area contributed by atoms with Crippen molar-refractivity contribution in [3.8, 4) is 17.0 Å². The molecule has 0 bridgehead atoms. The minimum atomic E-state index is -0.762. The van der Waals surface area contributed by atoms with Crippen LogP contribution in [0.3, 0.4) is 0 Å². The van der Waals surface area contributed by atoms with Crippen molar-refractivity contribution in [2.45, 2.75) is 50.2 Å². The van der Waals surface area contributed by atoms with Gasteiger partial charge in [0.2, 0.25) is 0 Å². The van der Waals surface area contributed by atoms with E-state index >= 15 is 0 Å². The number of fused-ring (bicyclic) bond motifs is 2. The van der Waals surface area contributed by atoms with Gasteiger partial charge in [0.15, 0.2) is 17.2 Å². The maximum Gasteiger partial charge on any atom is 0.338 e. The second-order valence-corrected chi connectivity index (χ2v) is 8.45. The van der Waals surface area contributed by atoms with Crippen LogP contribution in [0.4, 0.5) is 0 Å². The maximum atomic E-state index is 12.9. The van der Waals surface area contributed by atoms with E-state index in [0.717, 1.165) is 36.1 Å². The van der Waals surface area contributed by atoms with Gasteiger partial charge in [-0.05, 0) is 56.4 Å². The highest BCUT2D eigenvalue weighted by Gasteiger charge is 2.57. The first kappa shape index (κ1) is 18.4. The predicted molar refractivity (Wildman–Crippen MR) is 109 cm³/mol. The van der Waals surface area contributed by atoms with Gasteiger partial charge in [0, 0.05) is 11.1 Å². The lowest BCUT2D eigenvalue weighted by atomic mass is 9.96. The Hall–Kier alpha value is -3.42. The number of carbonyl (C=O) groups excluding carboxylic acids is 2. The highest BCUT2D eigenvalue weighted by molar-refractivity contribution is 5.94. The molecule has 6 rings (SSSR count). The molecule has 2 fully saturated rings. The SMILES string of the molecule is COc1ccc(-c2ccc3c(c2)COC3=O)n2nc(C3(C(=O)OC4CCC4)CC3)nc12. The lowest BCUT2D eigenvalue weighted by molar-refractivity contribution is -0.156. The first-order valence-corrected chi connectivity index (χ1v) is 10.5. The molecule has 1 aromatic carbocycles. The van der Waals surface area contributed by atoms with E-state index in [4.69, 9.17) is 24.3 Å². The molecule has 3 heterocycles. The molecule has 3 aromatic rings. The van der Waals surface area contributed by atoms with Gasteiger partial charge in [-0.3, -0.25) is 4.79 Å². The summed E-state index contributed by atoms with van der Waals surface area (Å²) in [5.41, 5.74) is 2.88. The fourth-order valence-electron chi connectivity index (χ4n) is 4.21. The molecule has 0 N–H and O–H groups in total. The third kappa shape index (κ3) is 2.74. The summed E-state index contributed by atoms with van der Waals surface area (Å²) in [4.78, 5) is 29.4. The van der Waals surface area contributed by atoms with Crippen LogP contribution in [-0.2, 0) is 26.3 Å². The Morgan fingerprint density at radius 2 is 2.06 bits per heavy atom. The van der Waals surface area contributed by atoms with Gasteiger partial charge in [0.1, 0.15) is 18.1 Å². The Morgan fingerprint density at radius 1 is 1.23 bits per heavy atom. The van der Waals surface area contributed by atoms with Crippen molar-refractivity contribution in [3.05, 3.63) is 47.3 Å². The van der Waals surface area contributed by atoms with Crippen LogP contribution in [0.5, 0.6) is 5.75 Å². The number of esters is 2. The van der Waals surface area contributed by atoms with E-state index in [1.807, 2.05) is 24.3 Å². The van der Waals surface area contributed by atoms with Crippen LogP contribution in [0.2, 0.25) is 0 Å². The number of hydrogen-bond donors (Lipinski definition) is 0. The Bertz CT molecular complexity index is 1240. The van der Waals surface area contributed by atoms with Crippen molar-refractivity contribution in [3.63, 3.8) is 0 Å². The van der Waals surface area contributed by atoms with Crippen molar-refractivity contribution >= 4 is 17.6 Å². The summed E-state index contributed by atoms with van der Waals surface area (Å²) in [6.45, 7) is 0.264. The lowest BCUT2D eigenvalue weighted by Gasteiger charge is -2.26. The minimum Gasteiger partial charge on any atom is -0.493 e. The number of nitrogens with zero attached hydrogens (tertiary/aromatic N) is 3. The molecule has 0 atom stereocenters. The summed E-state index contributed by atoms with van der Waals surface area (Å²) >= 11 is 0. The van der Waals surface area contributed by atoms with Gasteiger partial charge in [0.25, 0.3) is 0 Å². The Labute approximate surface area is 178 Å². The van der Waals surface area contributed by atoms with Gasteiger partial charge in [-0.15, -0.1) is 5.10 Å². The highest BCUT2D eigenvalue weighted by Crippen LogP contribution is 2.49. The molecule has 31 heavy (non-hydrogen) atoms. The van der Waals surface area contributed by atoms with E-state index in [-0.39, 0.29) is 24.6 Å². The lowest BCUT2D eigenvalue weighted by Crippen LogP contribution is -2.32. The van der Waals surface area contributed by atoms with Gasteiger partial charge < -0.3 is 14.2 Å². The van der Waals surface area contributed by atoms with E-state index in [1.165, 1.54) is 0 Å². The average molecular weight is 419 g/mol. The Balaban J connectivity index is 1.44. The number of benzene rings is 1. The monoisotopic (exact) mass is 419 g/mol. The number of aromatic nitrogens is 3. The summed E-state index contributed by atoms with van der Waals surface area (Å²) in [6, 6.07) is 9.30. The minimum absolute atomic E-state index is 0.0310. The quantitative estimate of drug-likeness (QED) is 0.587. The number of hydrogen-bond acceptors (Lipinski definition) is 7. The number of pyridine rings is 1. The largest absolute Gasteiger partial charge is 0.493 e. The molecule has 158 valence electrons. The van der Waals surface area contributed by atoms with E-state index < -0.39 is 5.41 Å². The molecule has 8 heteroatoms. The molecule has 2 aromatic heterocycles. The third-order valence-corrected chi connectivity index (χ3v) is 6.54. The van der Waals surface area contributed by atoms with E-state index in [9.17, 15) is 9.59 Å². The third-order valence-electron chi connectivity index (χ3n) is 6.54. The van der Waals surface area contributed by atoms with Crippen molar-refractivity contribution in [1.82, 2.24) is 14.6 Å².